The number of rotatable bonds is 9. The first-order valence-electron chi connectivity index (χ1n) is 11.3. The second-order valence-electron chi connectivity index (χ2n) is 8.45. The molecule has 0 saturated carbocycles. The third-order valence-electron chi connectivity index (χ3n) is 6.63. The third kappa shape index (κ3) is 4.40. The summed E-state index contributed by atoms with van der Waals surface area (Å²) in [4.78, 5) is 0. The second kappa shape index (κ2) is 10.2. The van der Waals surface area contributed by atoms with E-state index in [4.69, 9.17) is 0 Å². The minimum absolute atomic E-state index is 0.692. The van der Waals surface area contributed by atoms with Crippen LogP contribution in [0.25, 0.3) is 0 Å². The van der Waals surface area contributed by atoms with Crippen LogP contribution in [0.5, 0.6) is 0 Å². The van der Waals surface area contributed by atoms with E-state index in [1.165, 1.54) is 38.5 Å². The van der Waals surface area contributed by atoms with Gasteiger partial charge in [0.25, 0.3) is 0 Å². The maximum atomic E-state index is 2.48. The average molecular weight is 526 g/mol. The molecule has 0 aromatic carbocycles. The van der Waals surface area contributed by atoms with Gasteiger partial charge in [0, 0.05) is 0 Å². The molecule has 0 saturated heterocycles. The van der Waals surface area contributed by atoms with Crippen LogP contribution in [-0.2, 0) is 0 Å². The van der Waals surface area contributed by atoms with Crippen LogP contribution in [-0.4, -0.2) is 0 Å². The molecule has 3 atom stereocenters. The van der Waals surface area contributed by atoms with Gasteiger partial charge in [-0.2, -0.15) is 0 Å². The van der Waals surface area contributed by atoms with Gasteiger partial charge >= 0.3 is 188 Å². The van der Waals surface area contributed by atoms with E-state index >= 15 is 0 Å². The van der Waals surface area contributed by atoms with E-state index in [2.05, 4.69) is 78.0 Å². The maximum absolute atomic E-state index is 2.48. The van der Waals surface area contributed by atoms with Gasteiger partial charge in [-0.15, -0.1) is 0 Å². The number of hydrogen-bond acceptors (Lipinski definition) is 0. The molecule has 0 fully saturated rings. The van der Waals surface area contributed by atoms with Crippen LogP contribution in [0.3, 0.4) is 0 Å². The van der Waals surface area contributed by atoms with Crippen LogP contribution in [0.1, 0.15) is 80.1 Å². The van der Waals surface area contributed by atoms with Crippen molar-refractivity contribution < 1.29 is 32.3 Å². The molecule has 0 amide bonds. The van der Waals surface area contributed by atoms with E-state index in [0.29, 0.717) is 17.8 Å². The molecule has 0 N–H and O–H groups in total. The summed E-state index contributed by atoms with van der Waals surface area (Å²) >= 11 is -1.57. The molecule has 0 radical (unpaired) electrons. The zero-order valence-corrected chi connectivity index (χ0v) is 20.8. The average Bonchev–Trinajstić information content (AvgIpc) is 3.47. The molecule has 0 aromatic heterocycles. The Balaban J connectivity index is 2.17. The van der Waals surface area contributed by atoms with E-state index in [-0.39, 0.29) is 0 Å². The normalized spacial score (nSPS) is 22.7. The molecule has 0 nitrogen and oxygen atoms in total. The Bertz CT molecular complexity index is 663. The molecule has 3 aliphatic carbocycles. The van der Waals surface area contributed by atoms with Gasteiger partial charge in [0.15, 0.2) is 0 Å². The Kier molecular flexibility index (Phi) is 8.12. The minimum atomic E-state index is -1.57. The van der Waals surface area contributed by atoms with Crippen molar-refractivity contribution >= 4 is 0 Å². The predicted octanol–water partition coefficient (Wildman–Crippen LogP) is 8.39. The van der Waals surface area contributed by atoms with Crippen molar-refractivity contribution in [3.63, 3.8) is 0 Å². The zero-order chi connectivity index (χ0) is 20.3. The van der Waals surface area contributed by atoms with E-state index in [9.17, 15) is 0 Å². The fourth-order valence-electron chi connectivity index (χ4n) is 4.18. The van der Waals surface area contributed by atoms with Gasteiger partial charge in [-0.25, -0.2) is 0 Å². The molecule has 0 bridgehead atoms. The summed E-state index contributed by atoms with van der Waals surface area (Å²) in [6.07, 6.45) is 22.2. The molecule has 0 spiro atoms. The van der Waals surface area contributed by atoms with Crippen molar-refractivity contribution in [1.82, 2.24) is 0 Å². The molecule has 0 heterocycles. The van der Waals surface area contributed by atoms with Gasteiger partial charge in [-0.3, -0.25) is 0 Å². The van der Waals surface area contributed by atoms with Crippen LogP contribution < -0.4 is 0 Å². The summed E-state index contributed by atoms with van der Waals surface area (Å²) in [5.41, 5.74) is 5.08. The topological polar surface area (TPSA) is 0 Å². The Hall–Kier alpha value is -0.287. The summed E-state index contributed by atoms with van der Waals surface area (Å²) < 4.78 is 5.58. The first-order chi connectivity index (χ1) is 13.5. The van der Waals surface area contributed by atoms with E-state index in [0.717, 1.165) is 0 Å². The van der Waals surface area contributed by atoms with Crippen molar-refractivity contribution in [1.29, 1.82) is 0 Å². The van der Waals surface area contributed by atoms with Gasteiger partial charge < -0.3 is 0 Å². The first-order valence-corrected chi connectivity index (χ1v) is 14.4. The van der Waals surface area contributed by atoms with E-state index in [1.807, 2.05) is 4.82 Å². The fourth-order valence-corrected chi connectivity index (χ4v) is 12.1. The van der Waals surface area contributed by atoms with Crippen LogP contribution in [0.15, 0.2) is 58.0 Å². The molecular weight excluding hydrogens is 487 g/mol. The van der Waals surface area contributed by atoms with Gasteiger partial charge in [0.05, 0.1) is 0 Å². The summed E-state index contributed by atoms with van der Waals surface area (Å²) in [6.45, 7) is 14.4. The Morgan fingerprint density at radius 3 is 1.14 bits per heavy atom. The molecular formula is C27H39Dy. The summed E-state index contributed by atoms with van der Waals surface area (Å²) in [6, 6.07) is 0. The van der Waals surface area contributed by atoms with Gasteiger partial charge in [-0.1, -0.05) is 0 Å². The zero-order valence-electron chi connectivity index (χ0n) is 18.8. The van der Waals surface area contributed by atoms with Crippen LogP contribution in [0, 0.1) is 50.0 Å². The number of hydrogen-bond donors (Lipinski definition) is 0. The van der Waals surface area contributed by atoms with Gasteiger partial charge in [-0.05, 0) is 0 Å². The first kappa shape index (κ1) is 22.4. The van der Waals surface area contributed by atoms with Crippen molar-refractivity contribution in [2.45, 2.75) is 80.1 Å². The van der Waals surface area contributed by atoms with E-state index in [1.54, 1.807) is 16.7 Å². The quantitative estimate of drug-likeness (QED) is 0.283. The van der Waals surface area contributed by atoms with Crippen molar-refractivity contribution in [3.05, 3.63) is 58.0 Å². The molecule has 28 heavy (non-hydrogen) atoms. The van der Waals surface area contributed by atoms with Crippen molar-refractivity contribution in [2.75, 3.05) is 0 Å². The van der Waals surface area contributed by atoms with Gasteiger partial charge in [0.2, 0.25) is 0 Å². The molecule has 0 aliphatic heterocycles. The molecule has 3 unspecified atom stereocenters. The summed E-state index contributed by atoms with van der Waals surface area (Å²) in [5, 5.41) is 0. The van der Waals surface area contributed by atoms with Gasteiger partial charge in [0.1, 0.15) is 0 Å². The molecule has 3 rings (SSSR count). The molecule has 0 aromatic rings. The van der Waals surface area contributed by atoms with Crippen molar-refractivity contribution in [3.8, 4) is 0 Å². The van der Waals surface area contributed by atoms with Crippen LogP contribution >= 0.6 is 0 Å². The Labute approximate surface area is 186 Å². The standard InChI is InChI=1S/3C9H13.Dy/c3*1-3-8(2)9-6-4-5-7-9;/h3*4,6,8H,3,5H2,1-2H3;. The summed E-state index contributed by atoms with van der Waals surface area (Å²) in [5.74, 6) is 2.08. The molecule has 157 valence electrons. The third-order valence-corrected chi connectivity index (χ3v) is 13.3. The predicted molar refractivity (Wildman–Crippen MR) is 121 cm³/mol. The van der Waals surface area contributed by atoms with E-state index < -0.39 is 32.3 Å². The monoisotopic (exact) mass is 527 g/mol. The SMILES string of the molecule is CCC(C)C1=[C]([Dy]([C]2=C(C(C)CC)C=CC2)[C]2=C(C(C)CC)C=CC2)CC=C1. The Morgan fingerprint density at radius 2 is 0.893 bits per heavy atom. The number of allylic oxidation sites excluding steroid dienone is 12. The second-order valence-corrected chi connectivity index (χ2v) is 13.6. The Morgan fingerprint density at radius 1 is 0.607 bits per heavy atom. The van der Waals surface area contributed by atoms with Crippen LogP contribution in [0.2, 0.25) is 0 Å². The summed E-state index contributed by atoms with van der Waals surface area (Å²) in [7, 11) is 0. The molecule has 1 heteroatoms. The molecule has 3 aliphatic rings. The van der Waals surface area contributed by atoms with Crippen LogP contribution in [0.4, 0.5) is 0 Å². The fraction of sp³-hybridized carbons (Fsp3) is 0.556. The van der Waals surface area contributed by atoms with Crippen molar-refractivity contribution in [2.24, 2.45) is 17.8 Å².